The Hall–Kier alpha value is -4.59. The largest absolute Gasteiger partial charge is 0.550 e. The zero-order valence-corrected chi connectivity index (χ0v) is 25.9. The third-order valence-corrected chi connectivity index (χ3v) is 8.83. The van der Waals surface area contributed by atoms with Crippen molar-refractivity contribution >= 4 is 27.6 Å². The highest BCUT2D eigenvalue weighted by Crippen LogP contribution is 2.45. The number of primary amides is 1. The predicted octanol–water partition coefficient (Wildman–Crippen LogP) is 3.77. The van der Waals surface area contributed by atoms with Crippen molar-refractivity contribution in [1.29, 1.82) is 0 Å². The standard InChI is InChI=1S/C33H35F2N3O7S/c1-19(2)30-32(46(44,45)37-25-13-7-22(8-14-25)33(36)43)29(20-3-9-23(34)10-4-20)31(21-5-11-24(35)12-6-21)38(30)16-15-26(39)17-27(40)18-28(41)42/h3-14,19,26-27,37,39-40H,15-18H2,1-2H3,(H2,36,43)(H,41,42)/p-1/t26-,27-/m1/s1. The molecule has 0 saturated heterocycles. The van der Waals surface area contributed by atoms with Crippen molar-refractivity contribution in [2.45, 2.75) is 62.7 Å². The smallest absolute Gasteiger partial charge is 0.264 e. The highest BCUT2D eigenvalue weighted by molar-refractivity contribution is 7.93. The highest BCUT2D eigenvalue weighted by Gasteiger charge is 2.34. The van der Waals surface area contributed by atoms with Crippen LogP contribution in [0.3, 0.4) is 0 Å². The van der Waals surface area contributed by atoms with Gasteiger partial charge in [-0.2, -0.15) is 0 Å². The van der Waals surface area contributed by atoms with Crippen LogP contribution >= 0.6 is 0 Å². The molecule has 46 heavy (non-hydrogen) atoms. The van der Waals surface area contributed by atoms with Gasteiger partial charge in [0.2, 0.25) is 5.91 Å². The lowest BCUT2D eigenvalue weighted by atomic mass is 10.00. The number of hydrogen-bond acceptors (Lipinski definition) is 7. The van der Waals surface area contributed by atoms with Crippen molar-refractivity contribution in [3.63, 3.8) is 0 Å². The number of aliphatic carboxylic acids is 1. The van der Waals surface area contributed by atoms with Crippen molar-refractivity contribution in [3.8, 4) is 22.4 Å². The lowest BCUT2D eigenvalue weighted by molar-refractivity contribution is -0.307. The van der Waals surface area contributed by atoms with Crippen molar-refractivity contribution in [3.05, 3.63) is 95.7 Å². The molecule has 0 bridgehead atoms. The number of anilines is 1. The fraction of sp³-hybridized carbons (Fsp3) is 0.273. The maximum absolute atomic E-state index is 14.3. The summed E-state index contributed by atoms with van der Waals surface area (Å²) in [5.41, 5.74) is 7.27. The zero-order valence-electron chi connectivity index (χ0n) is 25.1. The molecule has 1 amide bonds. The van der Waals surface area contributed by atoms with Gasteiger partial charge in [-0.05, 0) is 90.6 Å². The average molecular weight is 655 g/mol. The number of aliphatic hydroxyl groups is 2. The lowest BCUT2D eigenvalue weighted by Crippen LogP contribution is -2.29. The summed E-state index contributed by atoms with van der Waals surface area (Å²) in [6, 6.07) is 16.1. The predicted molar refractivity (Wildman–Crippen MR) is 166 cm³/mol. The van der Waals surface area contributed by atoms with Crippen molar-refractivity contribution < 1.29 is 42.1 Å². The summed E-state index contributed by atoms with van der Waals surface area (Å²) in [4.78, 5) is 22.3. The van der Waals surface area contributed by atoms with Crippen LogP contribution in [-0.2, 0) is 21.4 Å². The number of aliphatic hydroxyl groups excluding tert-OH is 2. The van der Waals surface area contributed by atoms with Crippen molar-refractivity contribution in [2.75, 3.05) is 4.72 Å². The molecule has 4 rings (SSSR count). The molecule has 0 aliphatic heterocycles. The van der Waals surface area contributed by atoms with Gasteiger partial charge >= 0.3 is 0 Å². The molecule has 0 unspecified atom stereocenters. The van der Waals surface area contributed by atoms with E-state index in [0.29, 0.717) is 22.5 Å². The number of sulfonamides is 1. The molecule has 10 nitrogen and oxygen atoms in total. The molecule has 5 N–H and O–H groups in total. The molecule has 13 heteroatoms. The molecule has 0 radical (unpaired) electrons. The first kappa shape index (κ1) is 34.3. The zero-order chi connectivity index (χ0) is 33.8. The van der Waals surface area contributed by atoms with E-state index in [9.17, 15) is 42.1 Å². The number of benzene rings is 3. The Morgan fingerprint density at radius 1 is 0.891 bits per heavy atom. The molecule has 0 aliphatic rings. The summed E-state index contributed by atoms with van der Waals surface area (Å²) in [5.74, 6) is -3.68. The van der Waals surface area contributed by atoms with Crippen LogP contribution in [0.2, 0.25) is 0 Å². The van der Waals surface area contributed by atoms with E-state index in [-0.39, 0.29) is 41.1 Å². The normalized spacial score (nSPS) is 13.0. The number of carboxylic acids is 1. The molecule has 4 aromatic rings. The third kappa shape index (κ3) is 7.97. The number of carbonyl (C=O) groups is 2. The number of carboxylic acid groups (broad SMARTS) is 1. The first-order valence-corrected chi connectivity index (χ1v) is 15.9. The summed E-state index contributed by atoms with van der Waals surface area (Å²) in [6.45, 7) is 3.56. The van der Waals surface area contributed by atoms with Crippen molar-refractivity contribution in [2.24, 2.45) is 5.73 Å². The monoisotopic (exact) mass is 654 g/mol. The van der Waals surface area contributed by atoms with Gasteiger partial charge in [-0.25, -0.2) is 17.2 Å². The van der Waals surface area contributed by atoms with E-state index in [4.69, 9.17) is 5.73 Å². The molecule has 0 fully saturated rings. The minimum absolute atomic E-state index is 0.0104. The van der Waals surface area contributed by atoms with Gasteiger partial charge in [0.15, 0.2) is 0 Å². The highest BCUT2D eigenvalue weighted by atomic mass is 32.2. The number of amides is 1. The van der Waals surface area contributed by atoms with Gasteiger partial charge in [0.25, 0.3) is 10.0 Å². The van der Waals surface area contributed by atoms with Crippen LogP contribution in [0, 0.1) is 11.6 Å². The summed E-state index contributed by atoms with van der Waals surface area (Å²) in [5, 5.41) is 31.6. The Morgan fingerprint density at radius 2 is 1.43 bits per heavy atom. The summed E-state index contributed by atoms with van der Waals surface area (Å²) in [7, 11) is -4.43. The quantitative estimate of drug-likeness (QED) is 0.160. The molecular formula is C33H34F2N3O7S-. The molecule has 2 atom stereocenters. The Labute approximate surface area is 265 Å². The number of carbonyl (C=O) groups excluding carboxylic acids is 2. The maximum Gasteiger partial charge on any atom is 0.264 e. The van der Waals surface area contributed by atoms with Crippen LogP contribution in [0.15, 0.2) is 77.7 Å². The van der Waals surface area contributed by atoms with E-state index in [2.05, 4.69) is 4.72 Å². The van der Waals surface area contributed by atoms with Crippen LogP contribution in [0.5, 0.6) is 0 Å². The average Bonchev–Trinajstić information content (AvgIpc) is 3.33. The SMILES string of the molecule is CC(C)c1c(S(=O)(=O)Nc2ccc(C(N)=O)cc2)c(-c2ccc(F)cc2)c(-c2ccc(F)cc2)n1CC[C@@H](O)C[C@@H](O)CC(=O)[O-]. The van der Waals surface area contributed by atoms with Crippen molar-refractivity contribution in [1.82, 2.24) is 4.57 Å². The van der Waals surface area contributed by atoms with Gasteiger partial charge in [0, 0.05) is 41.4 Å². The minimum Gasteiger partial charge on any atom is -0.550 e. The molecular weight excluding hydrogens is 620 g/mol. The molecule has 0 spiro atoms. The van der Waals surface area contributed by atoms with E-state index in [0.717, 1.165) is 0 Å². The Bertz CT molecular complexity index is 1810. The topological polar surface area (TPSA) is 175 Å². The Morgan fingerprint density at radius 3 is 1.93 bits per heavy atom. The molecule has 1 heterocycles. The molecule has 244 valence electrons. The van der Waals surface area contributed by atoms with Crippen LogP contribution < -0.4 is 15.6 Å². The summed E-state index contributed by atoms with van der Waals surface area (Å²) >= 11 is 0. The summed E-state index contributed by atoms with van der Waals surface area (Å²) in [6.07, 6.45) is -3.48. The number of hydrogen-bond donors (Lipinski definition) is 4. The van der Waals surface area contributed by atoms with Crippen LogP contribution in [0.4, 0.5) is 14.5 Å². The molecule has 3 aromatic carbocycles. The number of nitrogens with zero attached hydrogens (tertiary/aromatic N) is 1. The first-order valence-electron chi connectivity index (χ1n) is 14.4. The van der Waals surface area contributed by atoms with Gasteiger partial charge in [0.1, 0.15) is 16.5 Å². The Balaban J connectivity index is 1.96. The first-order chi connectivity index (χ1) is 21.7. The minimum atomic E-state index is -4.43. The van der Waals surface area contributed by atoms with Gasteiger partial charge in [-0.1, -0.05) is 26.0 Å². The maximum atomic E-state index is 14.3. The molecule has 0 saturated carbocycles. The van der Waals surface area contributed by atoms with E-state index in [1.807, 2.05) is 0 Å². The summed E-state index contributed by atoms with van der Waals surface area (Å²) < 4.78 is 61.1. The number of nitrogens with one attached hydrogen (secondary N) is 1. The molecule has 0 aliphatic carbocycles. The fourth-order valence-electron chi connectivity index (χ4n) is 5.38. The van der Waals surface area contributed by atoms with Crippen LogP contribution in [0.25, 0.3) is 22.4 Å². The fourth-order valence-corrected chi connectivity index (χ4v) is 7.03. The lowest BCUT2D eigenvalue weighted by Gasteiger charge is -2.20. The number of rotatable bonds is 14. The Kier molecular flexibility index (Phi) is 10.6. The van der Waals surface area contributed by atoms with Gasteiger partial charge < -0.3 is 30.4 Å². The van der Waals surface area contributed by atoms with E-state index in [1.54, 1.807) is 18.4 Å². The number of nitrogens with two attached hydrogens (primary N) is 1. The van der Waals surface area contributed by atoms with Gasteiger partial charge in [-0.15, -0.1) is 0 Å². The van der Waals surface area contributed by atoms with E-state index in [1.165, 1.54) is 72.8 Å². The second-order valence-corrected chi connectivity index (χ2v) is 12.8. The number of halogens is 2. The van der Waals surface area contributed by atoms with Crippen LogP contribution in [-0.4, -0.2) is 47.3 Å². The van der Waals surface area contributed by atoms with E-state index < -0.39 is 58.1 Å². The second kappa shape index (κ2) is 14.2. The van der Waals surface area contributed by atoms with Gasteiger partial charge in [-0.3, -0.25) is 9.52 Å². The second-order valence-electron chi connectivity index (χ2n) is 11.2. The number of aromatic nitrogens is 1. The third-order valence-electron chi connectivity index (χ3n) is 7.38. The van der Waals surface area contributed by atoms with Crippen LogP contribution in [0.1, 0.15) is 55.1 Å². The van der Waals surface area contributed by atoms with E-state index >= 15 is 0 Å². The van der Waals surface area contributed by atoms with Gasteiger partial charge in [0.05, 0.1) is 17.9 Å². The molecule has 1 aromatic heterocycles.